The summed E-state index contributed by atoms with van der Waals surface area (Å²) in [5, 5.41) is 12.2. The van der Waals surface area contributed by atoms with Gasteiger partial charge in [-0.2, -0.15) is 5.26 Å². The molecule has 114 valence electrons. The summed E-state index contributed by atoms with van der Waals surface area (Å²) in [6.45, 7) is 1.46. The fourth-order valence-electron chi connectivity index (χ4n) is 2.56. The minimum Gasteiger partial charge on any atom is -0.313 e. The number of piperidine rings is 1. The summed E-state index contributed by atoms with van der Waals surface area (Å²) in [5.74, 6) is -0.0638. The van der Waals surface area contributed by atoms with Gasteiger partial charge in [-0.25, -0.2) is 12.7 Å². The molecular formula is C15H21N3O2S. The van der Waals surface area contributed by atoms with Crippen LogP contribution in [0.3, 0.4) is 0 Å². The van der Waals surface area contributed by atoms with E-state index in [9.17, 15) is 8.42 Å². The summed E-state index contributed by atoms with van der Waals surface area (Å²) in [5.41, 5.74) is 1.14. The van der Waals surface area contributed by atoms with Gasteiger partial charge in [-0.05, 0) is 37.1 Å². The number of rotatable bonds is 5. The van der Waals surface area contributed by atoms with Gasteiger partial charge in [-0.3, -0.25) is 0 Å². The second-order valence-corrected chi connectivity index (χ2v) is 7.57. The minimum atomic E-state index is -3.35. The normalized spacial score (nSPS) is 19.4. The average molecular weight is 307 g/mol. The van der Waals surface area contributed by atoms with E-state index in [0.29, 0.717) is 17.7 Å². The lowest BCUT2D eigenvalue weighted by molar-refractivity contribution is 0.337. The maximum atomic E-state index is 12.4. The Labute approximate surface area is 126 Å². The van der Waals surface area contributed by atoms with Crippen LogP contribution in [0.5, 0.6) is 0 Å². The standard InChI is InChI=1S/C15H21N3O2S/c1-18(11-15-7-2-3-8-17-15)21(19,20)12-14-6-4-5-13(9-14)10-16/h4-6,9,15,17H,2-3,7-8,11-12H2,1H3. The van der Waals surface area contributed by atoms with Crippen molar-refractivity contribution >= 4 is 10.0 Å². The highest BCUT2D eigenvalue weighted by Crippen LogP contribution is 2.14. The summed E-state index contributed by atoms with van der Waals surface area (Å²) < 4.78 is 26.2. The predicted octanol–water partition coefficient (Wildman–Crippen LogP) is 1.46. The summed E-state index contributed by atoms with van der Waals surface area (Å²) in [7, 11) is -1.73. The Balaban J connectivity index is 2.01. The number of sulfonamides is 1. The molecule has 1 heterocycles. The van der Waals surface area contributed by atoms with E-state index in [-0.39, 0.29) is 11.8 Å². The zero-order valence-electron chi connectivity index (χ0n) is 12.2. The molecule has 1 unspecified atom stereocenters. The second kappa shape index (κ2) is 7.03. The topological polar surface area (TPSA) is 73.2 Å². The first kappa shape index (κ1) is 16.0. The molecule has 5 nitrogen and oxygen atoms in total. The van der Waals surface area contributed by atoms with Crippen molar-refractivity contribution in [2.24, 2.45) is 0 Å². The molecule has 1 atom stereocenters. The van der Waals surface area contributed by atoms with Gasteiger partial charge < -0.3 is 5.32 Å². The third kappa shape index (κ3) is 4.53. The third-order valence-corrected chi connectivity index (χ3v) is 5.57. The molecule has 1 saturated heterocycles. The van der Waals surface area contributed by atoms with Crippen molar-refractivity contribution in [1.29, 1.82) is 5.26 Å². The zero-order chi connectivity index (χ0) is 15.3. The molecule has 1 N–H and O–H groups in total. The van der Waals surface area contributed by atoms with Gasteiger partial charge in [0.25, 0.3) is 0 Å². The summed E-state index contributed by atoms with van der Waals surface area (Å²) >= 11 is 0. The number of benzene rings is 1. The summed E-state index contributed by atoms with van der Waals surface area (Å²) in [4.78, 5) is 0. The number of hydrogen-bond acceptors (Lipinski definition) is 4. The highest BCUT2D eigenvalue weighted by molar-refractivity contribution is 7.88. The lowest BCUT2D eigenvalue weighted by Crippen LogP contribution is -2.44. The lowest BCUT2D eigenvalue weighted by atomic mass is 10.1. The molecule has 6 heteroatoms. The van der Waals surface area contributed by atoms with Gasteiger partial charge in [0, 0.05) is 19.6 Å². The predicted molar refractivity (Wildman–Crippen MR) is 82.1 cm³/mol. The van der Waals surface area contributed by atoms with Crippen LogP contribution in [0.4, 0.5) is 0 Å². The molecule has 1 aliphatic heterocycles. The van der Waals surface area contributed by atoms with Crippen LogP contribution in [-0.4, -0.2) is 38.9 Å². The monoisotopic (exact) mass is 307 g/mol. The molecule has 0 aliphatic carbocycles. The Hall–Kier alpha value is -1.42. The summed E-state index contributed by atoms with van der Waals surface area (Å²) in [6.07, 6.45) is 3.33. The molecule has 0 saturated carbocycles. The van der Waals surface area contributed by atoms with E-state index in [4.69, 9.17) is 5.26 Å². The van der Waals surface area contributed by atoms with Crippen LogP contribution >= 0.6 is 0 Å². The molecule has 21 heavy (non-hydrogen) atoms. The Morgan fingerprint density at radius 3 is 2.90 bits per heavy atom. The highest BCUT2D eigenvalue weighted by atomic mass is 32.2. The Morgan fingerprint density at radius 2 is 2.24 bits per heavy atom. The first-order valence-electron chi connectivity index (χ1n) is 7.18. The largest absolute Gasteiger partial charge is 0.313 e. The van der Waals surface area contributed by atoms with Gasteiger partial charge in [0.2, 0.25) is 10.0 Å². The van der Waals surface area contributed by atoms with Gasteiger partial charge in [0.1, 0.15) is 0 Å². The van der Waals surface area contributed by atoms with E-state index in [1.807, 2.05) is 6.07 Å². The molecule has 0 radical (unpaired) electrons. The van der Waals surface area contributed by atoms with Crippen LogP contribution < -0.4 is 5.32 Å². The second-order valence-electron chi connectivity index (χ2n) is 5.50. The molecule has 0 amide bonds. The molecule has 1 aliphatic rings. The van der Waals surface area contributed by atoms with Gasteiger partial charge in [0.15, 0.2) is 0 Å². The van der Waals surface area contributed by atoms with E-state index >= 15 is 0 Å². The number of nitrogens with zero attached hydrogens (tertiary/aromatic N) is 2. The van der Waals surface area contributed by atoms with E-state index in [1.165, 1.54) is 4.31 Å². The maximum absolute atomic E-state index is 12.4. The first-order valence-corrected chi connectivity index (χ1v) is 8.78. The van der Waals surface area contributed by atoms with Gasteiger partial charge in [0.05, 0.1) is 17.4 Å². The van der Waals surface area contributed by atoms with Crippen molar-refractivity contribution in [2.45, 2.75) is 31.1 Å². The first-order chi connectivity index (χ1) is 10.0. The fourth-order valence-corrected chi connectivity index (χ4v) is 3.78. The van der Waals surface area contributed by atoms with Crippen LogP contribution in [0, 0.1) is 11.3 Å². The molecule has 1 fully saturated rings. The van der Waals surface area contributed by atoms with E-state index in [1.54, 1.807) is 31.3 Å². The van der Waals surface area contributed by atoms with Crippen LogP contribution in [0.1, 0.15) is 30.4 Å². The van der Waals surface area contributed by atoms with E-state index in [2.05, 4.69) is 5.32 Å². The molecule has 0 bridgehead atoms. The van der Waals surface area contributed by atoms with Crippen molar-refractivity contribution in [3.8, 4) is 6.07 Å². The lowest BCUT2D eigenvalue weighted by Gasteiger charge is -2.27. The Bertz CT molecular complexity index is 616. The van der Waals surface area contributed by atoms with Crippen molar-refractivity contribution in [1.82, 2.24) is 9.62 Å². The fraction of sp³-hybridized carbons (Fsp3) is 0.533. The van der Waals surface area contributed by atoms with Gasteiger partial charge in [-0.1, -0.05) is 18.6 Å². The highest BCUT2D eigenvalue weighted by Gasteiger charge is 2.23. The van der Waals surface area contributed by atoms with Crippen LogP contribution in [-0.2, 0) is 15.8 Å². The molecule has 2 rings (SSSR count). The van der Waals surface area contributed by atoms with Crippen molar-refractivity contribution < 1.29 is 8.42 Å². The van der Waals surface area contributed by atoms with Crippen LogP contribution in [0.2, 0.25) is 0 Å². The number of hydrogen-bond donors (Lipinski definition) is 1. The third-order valence-electron chi connectivity index (χ3n) is 3.77. The molecule has 1 aromatic rings. The molecule has 1 aromatic carbocycles. The zero-order valence-corrected chi connectivity index (χ0v) is 13.1. The van der Waals surface area contributed by atoms with Gasteiger partial charge in [-0.15, -0.1) is 0 Å². The van der Waals surface area contributed by atoms with Crippen molar-refractivity contribution in [3.63, 3.8) is 0 Å². The smallest absolute Gasteiger partial charge is 0.218 e. The van der Waals surface area contributed by atoms with Crippen molar-refractivity contribution in [3.05, 3.63) is 35.4 Å². The number of likely N-dealkylation sites (N-methyl/N-ethyl adjacent to an activating group) is 1. The Kier molecular flexibility index (Phi) is 5.34. The SMILES string of the molecule is CN(CC1CCCCN1)S(=O)(=O)Cc1cccc(C#N)c1. The quantitative estimate of drug-likeness (QED) is 0.894. The van der Waals surface area contributed by atoms with E-state index in [0.717, 1.165) is 25.8 Å². The maximum Gasteiger partial charge on any atom is 0.218 e. The van der Waals surface area contributed by atoms with Crippen molar-refractivity contribution in [2.75, 3.05) is 20.1 Å². The molecule has 0 spiro atoms. The number of nitrogens with one attached hydrogen (secondary N) is 1. The Morgan fingerprint density at radius 1 is 1.43 bits per heavy atom. The minimum absolute atomic E-state index is 0.0638. The van der Waals surface area contributed by atoms with E-state index < -0.39 is 10.0 Å². The van der Waals surface area contributed by atoms with Gasteiger partial charge >= 0.3 is 0 Å². The number of nitriles is 1. The summed E-state index contributed by atoms with van der Waals surface area (Å²) in [6, 6.07) is 9.03. The molecule has 0 aromatic heterocycles. The van der Waals surface area contributed by atoms with Crippen LogP contribution in [0.25, 0.3) is 0 Å². The molecular weight excluding hydrogens is 286 g/mol. The van der Waals surface area contributed by atoms with Crippen LogP contribution in [0.15, 0.2) is 24.3 Å². The average Bonchev–Trinajstić information content (AvgIpc) is 2.48.